The van der Waals surface area contributed by atoms with Crippen LogP contribution >= 0.6 is 0 Å². The molecular formula is C29H21F2N7O4. The number of carbonyl (C=O) groups excluding carboxylic acids is 3. The van der Waals surface area contributed by atoms with Gasteiger partial charge >= 0.3 is 0 Å². The molecule has 0 atom stereocenters. The van der Waals surface area contributed by atoms with Crippen LogP contribution in [0.4, 0.5) is 14.6 Å². The van der Waals surface area contributed by atoms with Gasteiger partial charge in [0.25, 0.3) is 11.5 Å². The van der Waals surface area contributed by atoms with E-state index in [0.717, 1.165) is 16.8 Å². The van der Waals surface area contributed by atoms with Gasteiger partial charge < -0.3 is 14.8 Å². The highest BCUT2D eigenvalue weighted by molar-refractivity contribution is 6.00. The van der Waals surface area contributed by atoms with E-state index < -0.39 is 41.3 Å². The molecular weight excluding hydrogens is 548 g/mol. The molecule has 42 heavy (non-hydrogen) atoms. The number of carbonyl (C=O) groups is 3. The number of amides is 2. The standard InChI is InChI=1S/C29H21F2N7O4/c30-18-8-9-24(33-13-18)34-25(40)16-37-26-12-22(23(39)11-17-5-1-2-7-21(17)31)35-38(26)28(41)20-15-36(29(42)27(20)37)14-19-6-3-4-10-32-19/h1-10,12-13H,11,14-16H2,(H,33,34,40). The van der Waals surface area contributed by atoms with E-state index in [9.17, 15) is 28.0 Å². The highest BCUT2D eigenvalue weighted by Crippen LogP contribution is 2.24. The molecule has 0 spiro atoms. The summed E-state index contributed by atoms with van der Waals surface area (Å²) >= 11 is 0. The molecule has 6 rings (SSSR count). The van der Waals surface area contributed by atoms with Gasteiger partial charge in [-0.05, 0) is 35.9 Å². The van der Waals surface area contributed by atoms with E-state index in [-0.39, 0.29) is 53.5 Å². The Bertz CT molecular complexity index is 1920. The molecule has 1 aliphatic heterocycles. The zero-order chi connectivity index (χ0) is 29.4. The van der Waals surface area contributed by atoms with Gasteiger partial charge in [-0.2, -0.15) is 9.61 Å². The predicted molar refractivity (Wildman–Crippen MR) is 145 cm³/mol. The van der Waals surface area contributed by atoms with Crippen molar-refractivity contribution in [2.24, 2.45) is 0 Å². The van der Waals surface area contributed by atoms with Crippen molar-refractivity contribution in [1.82, 2.24) is 29.0 Å². The van der Waals surface area contributed by atoms with E-state index >= 15 is 0 Å². The van der Waals surface area contributed by atoms with E-state index in [4.69, 9.17) is 0 Å². The monoisotopic (exact) mass is 569 g/mol. The van der Waals surface area contributed by atoms with E-state index in [0.29, 0.717) is 5.69 Å². The van der Waals surface area contributed by atoms with Crippen LogP contribution in [0, 0.1) is 11.6 Å². The van der Waals surface area contributed by atoms with Gasteiger partial charge in [-0.3, -0.25) is 24.2 Å². The van der Waals surface area contributed by atoms with Crippen molar-refractivity contribution in [3.8, 4) is 0 Å². The molecule has 0 unspecified atom stereocenters. The topological polar surface area (TPSA) is 132 Å². The minimum Gasteiger partial charge on any atom is -0.327 e. The molecule has 0 radical (unpaired) electrons. The largest absolute Gasteiger partial charge is 0.327 e. The number of anilines is 1. The number of halogens is 2. The predicted octanol–water partition coefficient (Wildman–Crippen LogP) is 2.78. The second kappa shape index (κ2) is 10.8. The molecule has 0 saturated carbocycles. The highest BCUT2D eigenvalue weighted by Gasteiger charge is 2.35. The summed E-state index contributed by atoms with van der Waals surface area (Å²) < 4.78 is 29.7. The van der Waals surface area contributed by atoms with Crippen LogP contribution in [0.1, 0.15) is 37.8 Å². The summed E-state index contributed by atoms with van der Waals surface area (Å²) in [5.41, 5.74) is 0.0779. The van der Waals surface area contributed by atoms with Gasteiger partial charge in [0.05, 0.1) is 30.5 Å². The first kappa shape index (κ1) is 26.6. The highest BCUT2D eigenvalue weighted by atomic mass is 19.1. The fourth-order valence-electron chi connectivity index (χ4n) is 4.81. The summed E-state index contributed by atoms with van der Waals surface area (Å²) in [5.74, 6) is -2.76. The van der Waals surface area contributed by atoms with Crippen molar-refractivity contribution >= 4 is 29.1 Å². The quantitative estimate of drug-likeness (QED) is 0.284. The number of rotatable bonds is 8. The smallest absolute Gasteiger partial charge is 0.280 e. The van der Waals surface area contributed by atoms with Crippen molar-refractivity contribution in [2.45, 2.75) is 26.1 Å². The molecule has 0 saturated heterocycles. The lowest BCUT2D eigenvalue weighted by Crippen LogP contribution is -2.30. The van der Waals surface area contributed by atoms with Crippen molar-refractivity contribution in [3.05, 3.63) is 123 Å². The van der Waals surface area contributed by atoms with E-state index in [1.807, 2.05) is 0 Å². The lowest BCUT2D eigenvalue weighted by molar-refractivity contribution is -0.116. The lowest BCUT2D eigenvalue weighted by atomic mass is 10.1. The molecule has 1 aromatic carbocycles. The number of hydrogen-bond donors (Lipinski definition) is 1. The number of ketones is 1. The molecule has 1 N–H and O–H groups in total. The molecule has 11 nitrogen and oxygen atoms in total. The average molecular weight is 570 g/mol. The molecule has 0 aliphatic carbocycles. The lowest BCUT2D eigenvalue weighted by Gasteiger charge is -2.16. The maximum absolute atomic E-state index is 14.2. The summed E-state index contributed by atoms with van der Waals surface area (Å²) in [7, 11) is 0. The van der Waals surface area contributed by atoms with Gasteiger partial charge in [0.15, 0.2) is 5.78 Å². The van der Waals surface area contributed by atoms with Crippen molar-refractivity contribution < 1.29 is 23.2 Å². The Morgan fingerprint density at radius 1 is 0.976 bits per heavy atom. The summed E-state index contributed by atoms with van der Waals surface area (Å²) in [5, 5.41) is 6.73. The zero-order valence-electron chi connectivity index (χ0n) is 21.8. The van der Waals surface area contributed by atoms with Crippen LogP contribution < -0.4 is 10.9 Å². The summed E-state index contributed by atoms with van der Waals surface area (Å²) in [6, 6.07) is 14.8. The van der Waals surface area contributed by atoms with Crippen molar-refractivity contribution in [2.75, 3.05) is 5.32 Å². The first-order valence-corrected chi connectivity index (χ1v) is 12.8. The second-order valence-corrected chi connectivity index (χ2v) is 9.60. The van der Waals surface area contributed by atoms with Gasteiger partial charge in [-0.15, -0.1) is 0 Å². The Morgan fingerprint density at radius 2 is 1.79 bits per heavy atom. The van der Waals surface area contributed by atoms with Crippen LogP contribution in [0.3, 0.4) is 0 Å². The van der Waals surface area contributed by atoms with Crippen LogP contribution in [0.15, 0.2) is 77.9 Å². The van der Waals surface area contributed by atoms with Crippen LogP contribution in [-0.4, -0.2) is 46.6 Å². The van der Waals surface area contributed by atoms with Crippen LogP contribution in [0.5, 0.6) is 0 Å². The molecule has 4 aromatic heterocycles. The Balaban J connectivity index is 1.40. The number of aromatic nitrogens is 5. The second-order valence-electron chi connectivity index (χ2n) is 9.60. The van der Waals surface area contributed by atoms with E-state index in [2.05, 4.69) is 20.4 Å². The van der Waals surface area contributed by atoms with Crippen molar-refractivity contribution in [3.63, 3.8) is 0 Å². The zero-order valence-corrected chi connectivity index (χ0v) is 21.8. The number of benzene rings is 1. The molecule has 1 aliphatic rings. The number of fused-ring (bicyclic) bond motifs is 2. The molecule has 210 valence electrons. The number of nitrogens with zero attached hydrogens (tertiary/aromatic N) is 6. The van der Waals surface area contributed by atoms with E-state index in [1.54, 1.807) is 30.5 Å². The number of hydrogen-bond acceptors (Lipinski definition) is 7. The first-order valence-electron chi connectivity index (χ1n) is 12.8. The maximum atomic E-state index is 14.2. The normalized spacial score (nSPS) is 12.5. The molecule has 5 heterocycles. The average Bonchev–Trinajstić information content (AvgIpc) is 3.57. The summed E-state index contributed by atoms with van der Waals surface area (Å²) in [4.78, 5) is 62.8. The first-order chi connectivity index (χ1) is 20.3. The molecule has 0 fully saturated rings. The molecule has 13 heteroatoms. The van der Waals surface area contributed by atoms with Gasteiger partial charge in [0.1, 0.15) is 41.0 Å². The Labute approximate surface area is 236 Å². The summed E-state index contributed by atoms with van der Waals surface area (Å²) in [6.07, 6.45) is 2.22. The minimum absolute atomic E-state index is 0.0193. The van der Waals surface area contributed by atoms with Crippen LogP contribution in [-0.2, 0) is 30.8 Å². The third-order valence-corrected chi connectivity index (χ3v) is 6.78. The van der Waals surface area contributed by atoms with Gasteiger partial charge in [0, 0.05) is 18.7 Å². The fraction of sp³-hybridized carbons (Fsp3) is 0.138. The number of pyridine rings is 2. The van der Waals surface area contributed by atoms with Gasteiger partial charge in [-0.25, -0.2) is 13.8 Å². The van der Waals surface area contributed by atoms with Gasteiger partial charge in [0.2, 0.25) is 5.91 Å². The molecule has 0 bridgehead atoms. The Kier molecular flexibility index (Phi) is 6.82. The Morgan fingerprint density at radius 3 is 2.52 bits per heavy atom. The van der Waals surface area contributed by atoms with Crippen molar-refractivity contribution in [1.29, 1.82) is 0 Å². The van der Waals surface area contributed by atoms with Crippen LogP contribution in [0.2, 0.25) is 0 Å². The number of Topliss-reactive ketones (excluding diaryl/α,β-unsaturated/α-hetero) is 1. The van der Waals surface area contributed by atoms with E-state index in [1.165, 1.54) is 39.8 Å². The SMILES string of the molecule is O=C(Cn1c2c(c(=O)n3nc(C(=O)Cc4ccccc4F)cc13)CN(Cc1ccccn1)C2=O)Nc1ccc(F)cn1. The third kappa shape index (κ3) is 5.03. The fourth-order valence-corrected chi connectivity index (χ4v) is 4.81. The Hall–Kier alpha value is -5.59. The van der Waals surface area contributed by atoms with Gasteiger partial charge in [-0.1, -0.05) is 24.3 Å². The molecule has 5 aromatic rings. The summed E-state index contributed by atoms with van der Waals surface area (Å²) in [6.45, 7) is -0.409. The number of nitrogens with one attached hydrogen (secondary N) is 1. The maximum Gasteiger partial charge on any atom is 0.280 e. The van der Waals surface area contributed by atoms with Crippen LogP contribution in [0.25, 0.3) is 5.65 Å². The molecule has 2 amide bonds. The minimum atomic E-state index is -0.627. The third-order valence-electron chi connectivity index (χ3n) is 6.78.